The first-order chi connectivity index (χ1) is 19.3. The van der Waals surface area contributed by atoms with E-state index >= 15 is 0 Å². The third-order valence-electron chi connectivity index (χ3n) is 6.56. The molecule has 0 spiro atoms. The van der Waals surface area contributed by atoms with E-state index in [2.05, 4.69) is 15.0 Å². The molecule has 1 aromatic carbocycles. The number of ether oxygens (including phenoxy) is 3. The molecule has 0 radical (unpaired) electrons. The summed E-state index contributed by atoms with van der Waals surface area (Å²) < 4.78 is 19.2. The van der Waals surface area contributed by atoms with Crippen molar-refractivity contribution in [2.24, 2.45) is 0 Å². The lowest BCUT2D eigenvalue weighted by Gasteiger charge is -2.31. The largest absolute Gasteiger partial charge is 0.493 e. The molecule has 11 heteroatoms. The van der Waals surface area contributed by atoms with Crippen LogP contribution in [0.5, 0.6) is 29.0 Å². The molecular formula is C29H31N5O5S. The highest BCUT2D eigenvalue weighted by atomic mass is 32.1. The van der Waals surface area contributed by atoms with E-state index in [1.54, 1.807) is 23.2 Å². The number of aromatic amines is 1. The highest BCUT2D eigenvalue weighted by Gasteiger charge is 2.25. The number of hydrogen-bond donors (Lipinski definition) is 2. The summed E-state index contributed by atoms with van der Waals surface area (Å²) >= 11 is 5.33. The Kier molecular flexibility index (Phi) is 8.01. The van der Waals surface area contributed by atoms with Gasteiger partial charge in [0, 0.05) is 38.2 Å². The van der Waals surface area contributed by atoms with Gasteiger partial charge < -0.3 is 29.2 Å². The molecule has 208 valence electrons. The molecule has 0 unspecified atom stereocenters. The maximum absolute atomic E-state index is 12.7. The number of imidazole rings is 1. The van der Waals surface area contributed by atoms with E-state index in [-0.39, 0.29) is 17.9 Å². The lowest BCUT2D eigenvalue weighted by molar-refractivity contribution is 0.0929. The summed E-state index contributed by atoms with van der Waals surface area (Å²) in [5.74, 6) is 2.78. The van der Waals surface area contributed by atoms with Crippen molar-refractivity contribution < 1.29 is 24.1 Å². The summed E-state index contributed by atoms with van der Waals surface area (Å²) in [5.41, 5.74) is 1.71. The molecule has 1 fully saturated rings. The highest BCUT2D eigenvalue weighted by molar-refractivity contribution is 7.71. The summed E-state index contributed by atoms with van der Waals surface area (Å²) in [6.45, 7) is 6.91. The summed E-state index contributed by atoms with van der Waals surface area (Å²) in [5, 5.41) is 10.5. The molecule has 2 N–H and O–H groups in total. The molecule has 0 saturated carbocycles. The van der Waals surface area contributed by atoms with Crippen LogP contribution in [0, 0.1) is 11.7 Å². The summed E-state index contributed by atoms with van der Waals surface area (Å²) in [7, 11) is 0. The van der Waals surface area contributed by atoms with Gasteiger partial charge in [-0.3, -0.25) is 0 Å². The average molecular weight is 562 g/mol. The second-order valence-corrected chi connectivity index (χ2v) is 10.3. The van der Waals surface area contributed by atoms with Gasteiger partial charge in [0.15, 0.2) is 10.5 Å². The van der Waals surface area contributed by atoms with E-state index in [0.29, 0.717) is 59.6 Å². The smallest absolute Gasteiger partial charge is 0.415 e. The zero-order valence-electron chi connectivity index (χ0n) is 22.5. The second-order valence-electron chi connectivity index (χ2n) is 9.93. The Morgan fingerprint density at radius 1 is 1.00 bits per heavy atom. The summed E-state index contributed by atoms with van der Waals surface area (Å²) in [4.78, 5) is 26.0. The Bertz CT molecular complexity index is 1510. The molecule has 4 heterocycles. The highest BCUT2D eigenvalue weighted by Crippen LogP contribution is 2.28. The van der Waals surface area contributed by atoms with Crippen LogP contribution in [0.4, 0.5) is 4.79 Å². The van der Waals surface area contributed by atoms with Gasteiger partial charge in [-0.05, 0) is 67.0 Å². The van der Waals surface area contributed by atoms with Crippen molar-refractivity contribution in [3.8, 4) is 34.8 Å². The lowest BCUT2D eigenvalue weighted by atomic mass is 10.1. The molecule has 0 aliphatic carbocycles. The zero-order chi connectivity index (χ0) is 28.2. The molecular weight excluding hydrogens is 530 g/mol. The van der Waals surface area contributed by atoms with Crippen LogP contribution in [0.1, 0.15) is 43.9 Å². The predicted molar refractivity (Wildman–Crippen MR) is 151 cm³/mol. The molecule has 10 nitrogen and oxygen atoms in total. The predicted octanol–water partition coefficient (Wildman–Crippen LogP) is 6.30. The number of carbonyl (C=O) groups is 1. The Labute approximate surface area is 237 Å². The molecule has 1 amide bonds. The van der Waals surface area contributed by atoms with Crippen LogP contribution >= 0.6 is 12.2 Å². The maximum Gasteiger partial charge on any atom is 0.415 e. The molecule has 40 heavy (non-hydrogen) atoms. The Balaban J connectivity index is 1.10. The van der Waals surface area contributed by atoms with Crippen molar-refractivity contribution in [2.45, 2.75) is 45.6 Å². The first kappa shape index (κ1) is 27.2. The van der Waals surface area contributed by atoms with E-state index in [1.165, 1.54) is 10.8 Å². The van der Waals surface area contributed by atoms with Crippen LogP contribution in [0.15, 0.2) is 60.9 Å². The van der Waals surface area contributed by atoms with Crippen LogP contribution in [0.3, 0.4) is 0 Å². The number of carbonyl (C=O) groups excluding carboxylic acids is 1. The Morgan fingerprint density at radius 3 is 2.30 bits per heavy atom. The number of pyridine rings is 2. The number of nitrogens with zero attached hydrogens (tertiary/aromatic N) is 4. The number of aromatic nitrogens is 4. The molecule has 0 bridgehead atoms. The standard InChI is InChI=1S/C29H31N5O5S/c1-18(2)26-27(35)34(28(40)32-26)24-10-9-23(17-30-24)39-29(36)33-14-12-22(13-15-33)37-20-5-7-21(8-6-20)38-25-11-4-19(3)16-31-25/h4-11,16-18,22,35H,12-15H2,1-3H3,(H,32,40). The first-order valence-corrected chi connectivity index (χ1v) is 13.5. The molecule has 1 aliphatic heterocycles. The number of amides is 1. The van der Waals surface area contributed by atoms with Gasteiger partial charge in [-0.15, -0.1) is 0 Å². The van der Waals surface area contributed by atoms with Gasteiger partial charge in [0.25, 0.3) is 0 Å². The van der Waals surface area contributed by atoms with Crippen molar-refractivity contribution in [3.63, 3.8) is 0 Å². The number of piperidine rings is 1. The number of rotatable bonds is 7. The van der Waals surface area contributed by atoms with Crippen LogP contribution in [0.2, 0.25) is 0 Å². The van der Waals surface area contributed by atoms with Gasteiger partial charge in [-0.2, -0.15) is 0 Å². The molecule has 1 aliphatic rings. The zero-order valence-corrected chi connectivity index (χ0v) is 23.4. The summed E-state index contributed by atoms with van der Waals surface area (Å²) in [6, 6.07) is 14.5. The van der Waals surface area contributed by atoms with E-state index in [0.717, 1.165) is 11.3 Å². The van der Waals surface area contributed by atoms with E-state index < -0.39 is 6.09 Å². The third-order valence-corrected chi connectivity index (χ3v) is 6.85. The fourth-order valence-corrected chi connectivity index (χ4v) is 4.65. The lowest BCUT2D eigenvalue weighted by Crippen LogP contribution is -2.43. The SMILES string of the molecule is Cc1ccc(Oc2ccc(OC3CCN(C(=O)Oc4ccc(-n5c(O)c(C(C)C)[nH]c5=S)nc4)CC3)cc2)nc1. The fourth-order valence-electron chi connectivity index (χ4n) is 4.36. The number of likely N-dealkylation sites (tertiary alicyclic amines) is 1. The molecule has 1 saturated heterocycles. The number of H-pyrrole nitrogens is 1. The van der Waals surface area contributed by atoms with Gasteiger partial charge >= 0.3 is 6.09 Å². The third kappa shape index (κ3) is 6.26. The minimum absolute atomic E-state index is 0.00935. The second kappa shape index (κ2) is 11.8. The maximum atomic E-state index is 12.7. The summed E-state index contributed by atoms with van der Waals surface area (Å²) in [6.07, 6.45) is 4.11. The topological polar surface area (TPSA) is 115 Å². The van der Waals surface area contributed by atoms with Crippen molar-refractivity contribution in [2.75, 3.05) is 13.1 Å². The van der Waals surface area contributed by atoms with Crippen LogP contribution in [0.25, 0.3) is 5.82 Å². The van der Waals surface area contributed by atoms with Gasteiger partial charge in [-0.25, -0.2) is 19.3 Å². The first-order valence-electron chi connectivity index (χ1n) is 13.1. The van der Waals surface area contributed by atoms with Crippen molar-refractivity contribution >= 4 is 18.3 Å². The number of aromatic hydroxyl groups is 1. The van der Waals surface area contributed by atoms with E-state index in [1.807, 2.05) is 57.2 Å². The Morgan fingerprint density at radius 2 is 1.70 bits per heavy atom. The number of aryl methyl sites for hydroxylation is 1. The van der Waals surface area contributed by atoms with Crippen LogP contribution in [-0.2, 0) is 0 Å². The van der Waals surface area contributed by atoms with E-state index in [4.69, 9.17) is 26.4 Å². The fraction of sp³-hybridized carbons (Fsp3) is 0.310. The van der Waals surface area contributed by atoms with Gasteiger partial charge in [-0.1, -0.05) is 19.9 Å². The quantitative estimate of drug-likeness (QED) is 0.253. The molecule has 3 aromatic heterocycles. The molecule has 4 aromatic rings. The monoisotopic (exact) mass is 561 g/mol. The molecule has 0 atom stereocenters. The van der Waals surface area contributed by atoms with Crippen LogP contribution < -0.4 is 14.2 Å². The Hall–Kier alpha value is -4.38. The number of nitrogens with one attached hydrogen (secondary N) is 1. The van der Waals surface area contributed by atoms with Gasteiger partial charge in [0.2, 0.25) is 11.8 Å². The number of benzene rings is 1. The number of hydrogen-bond acceptors (Lipinski definition) is 8. The van der Waals surface area contributed by atoms with Gasteiger partial charge in [0.1, 0.15) is 23.4 Å². The van der Waals surface area contributed by atoms with Gasteiger partial charge in [0.05, 0.1) is 11.9 Å². The van der Waals surface area contributed by atoms with Crippen molar-refractivity contribution in [1.29, 1.82) is 0 Å². The van der Waals surface area contributed by atoms with Crippen molar-refractivity contribution in [1.82, 2.24) is 24.4 Å². The van der Waals surface area contributed by atoms with Crippen molar-refractivity contribution in [3.05, 3.63) is 77.0 Å². The minimum Gasteiger partial charge on any atom is -0.493 e. The van der Waals surface area contributed by atoms with E-state index in [9.17, 15) is 9.90 Å². The molecule has 5 rings (SSSR count). The minimum atomic E-state index is -0.442. The normalized spacial score (nSPS) is 13.8. The average Bonchev–Trinajstić information content (AvgIpc) is 3.25. The van der Waals surface area contributed by atoms with Crippen LogP contribution in [-0.4, -0.2) is 54.8 Å².